The highest BCUT2D eigenvalue weighted by molar-refractivity contribution is 7.92. The van der Waals surface area contributed by atoms with Crippen molar-refractivity contribution in [1.82, 2.24) is 9.78 Å². The van der Waals surface area contributed by atoms with Crippen molar-refractivity contribution >= 4 is 9.84 Å². The van der Waals surface area contributed by atoms with E-state index >= 15 is 0 Å². The van der Waals surface area contributed by atoms with Crippen molar-refractivity contribution in [3.63, 3.8) is 0 Å². The fourth-order valence-electron chi connectivity index (χ4n) is 1.48. The van der Waals surface area contributed by atoms with Crippen molar-refractivity contribution in [2.75, 3.05) is 11.5 Å². The van der Waals surface area contributed by atoms with Crippen molar-refractivity contribution in [3.8, 4) is 0 Å². The molecule has 14 heavy (non-hydrogen) atoms. The summed E-state index contributed by atoms with van der Waals surface area (Å²) in [5.41, 5.74) is 6.61. The number of aromatic nitrogens is 2. The summed E-state index contributed by atoms with van der Waals surface area (Å²) in [7, 11) is -2.78. The minimum atomic E-state index is -2.78. The topological polar surface area (TPSA) is 78.0 Å². The van der Waals surface area contributed by atoms with Crippen LogP contribution < -0.4 is 5.73 Å². The van der Waals surface area contributed by atoms with E-state index in [4.69, 9.17) is 5.73 Å². The Kier molecular flexibility index (Phi) is 2.11. The van der Waals surface area contributed by atoms with Gasteiger partial charge in [-0.05, 0) is 6.92 Å². The summed E-state index contributed by atoms with van der Waals surface area (Å²) in [5.74, 6) is 0.403. The molecule has 5 nitrogen and oxygen atoms in total. The molecule has 0 bridgehead atoms. The Morgan fingerprint density at radius 3 is 2.71 bits per heavy atom. The second-order valence-corrected chi connectivity index (χ2v) is 5.93. The lowest BCUT2D eigenvalue weighted by Gasteiger charge is -2.25. The molecule has 0 aromatic carbocycles. The smallest absolute Gasteiger partial charge is 0.154 e. The van der Waals surface area contributed by atoms with E-state index in [1.807, 2.05) is 13.1 Å². The second-order valence-electron chi connectivity index (χ2n) is 3.77. The highest BCUT2D eigenvalue weighted by Gasteiger charge is 2.35. The second kappa shape index (κ2) is 3.06. The molecule has 0 aliphatic carbocycles. The molecule has 0 saturated carbocycles. The van der Waals surface area contributed by atoms with Crippen LogP contribution in [0.25, 0.3) is 0 Å². The van der Waals surface area contributed by atoms with Crippen LogP contribution in [-0.2, 0) is 9.84 Å². The third-order valence-electron chi connectivity index (χ3n) is 2.41. The molecular formula is C8H13N3O2S. The minimum Gasteiger partial charge on any atom is -0.324 e. The van der Waals surface area contributed by atoms with Gasteiger partial charge in [0.25, 0.3) is 0 Å². The zero-order chi connectivity index (χ0) is 10.3. The summed E-state index contributed by atoms with van der Waals surface area (Å²) < 4.78 is 23.6. The summed E-state index contributed by atoms with van der Waals surface area (Å²) in [6.07, 6.45) is 3.51. The Labute approximate surface area is 82.8 Å². The summed E-state index contributed by atoms with van der Waals surface area (Å²) >= 11 is 0. The first-order valence-electron chi connectivity index (χ1n) is 4.48. The van der Waals surface area contributed by atoms with Gasteiger partial charge in [-0.3, -0.25) is 4.68 Å². The van der Waals surface area contributed by atoms with Gasteiger partial charge in [-0.1, -0.05) is 0 Å². The number of sulfone groups is 1. The summed E-state index contributed by atoms with van der Waals surface area (Å²) in [6.45, 7) is 1.87. The van der Waals surface area contributed by atoms with E-state index in [1.165, 1.54) is 0 Å². The SMILES string of the molecule is CC(N)c1cnn(C2CS(=O)(=O)C2)c1. The molecule has 1 aromatic heterocycles. The van der Waals surface area contributed by atoms with E-state index < -0.39 is 9.84 Å². The number of nitrogens with two attached hydrogens (primary N) is 1. The standard InChI is InChI=1S/C8H13N3O2S/c1-6(9)7-2-10-11(3-7)8-4-14(12,13)5-8/h2-3,6,8H,4-5,9H2,1H3. The van der Waals surface area contributed by atoms with E-state index in [0.717, 1.165) is 5.56 Å². The van der Waals surface area contributed by atoms with Crippen molar-refractivity contribution in [1.29, 1.82) is 0 Å². The van der Waals surface area contributed by atoms with Gasteiger partial charge in [0.1, 0.15) is 0 Å². The molecule has 0 spiro atoms. The molecular weight excluding hydrogens is 202 g/mol. The molecule has 78 valence electrons. The van der Waals surface area contributed by atoms with Gasteiger partial charge in [0, 0.05) is 17.8 Å². The summed E-state index contributed by atoms with van der Waals surface area (Å²) in [5, 5.41) is 4.10. The molecule has 2 rings (SSSR count). The normalized spacial score (nSPS) is 23.0. The highest BCUT2D eigenvalue weighted by atomic mass is 32.2. The van der Waals surface area contributed by atoms with Gasteiger partial charge in [0.05, 0.1) is 23.7 Å². The molecule has 6 heteroatoms. The van der Waals surface area contributed by atoms with Crippen molar-refractivity contribution in [3.05, 3.63) is 18.0 Å². The van der Waals surface area contributed by atoms with Gasteiger partial charge in [-0.2, -0.15) is 5.10 Å². The Morgan fingerprint density at radius 2 is 2.29 bits per heavy atom. The molecule has 1 fully saturated rings. The molecule has 2 N–H and O–H groups in total. The van der Waals surface area contributed by atoms with Gasteiger partial charge >= 0.3 is 0 Å². The van der Waals surface area contributed by atoms with Gasteiger partial charge in [-0.25, -0.2) is 8.42 Å². The Balaban J connectivity index is 2.12. The first kappa shape index (κ1) is 9.67. The molecule has 1 atom stereocenters. The van der Waals surface area contributed by atoms with Crippen LogP contribution in [0.5, 0.6) is 0 Å². The number of hydrogen-bond donors (Lipinski definition) is 1. The van der Waals surface area contributed by atoms with Crippen LogP contribution in [0.15, 0.2) is 12.4 Å². The van der Waals surface area contributed by atoms with Crippen LogP contribution in [0.3, 0.4) is 0 Å². The van der Waals surface area contributed by atoms with E-state index in [2.05, 4.69) is 5.10 Å². The lowest BCUT2D eigenvalue weighted by molar-refractivity contribution is 0.473. The fourth-order valence-corrected chi connectivity index (χ4v) is 2.86. The third-order valence-corrected chi connectivity index (χ3v) is 4.20. The van der Waals surface area contributed by atoms with Gasteiger partial charge in [0.15, 0.2) is 9.84 Å². The fraction of sp³-hybridized carbons (Fsp3) is 0.625. The minimum absolute atomic E-state index is 0.00694. The van der Waals surface area contributed by atoms with Crippen molar-refractivity contribution < 1.29 is 8.42 Å². The average molecular weight is 215 g/mol. The number of nitrogens with zero attached hydrogens (tertiary/aromatic N) is 2. The lowest BCUT2D eigenvalue weighted by atomic mass is 10.2. The van der Waals surface area contributed by atoms with Crippen LogP contribution in [0.2, 0.25) is 0 Å². The lowest BCUT2D eigenvalue weighted by Crippen LogP contribution is -2.38. The van der Waals surface area contributed by atoms with Crippen LogP contribution in [0.4, 0.5) is 0 Å². The number of hydrogen-bond acceptors (Lipinski definition) is 4. The molecule has 1 aromatic rings. The average Bonchev–Trinajstić information content (AvgIpc) is 2.47. The maximum absolute atomic E-state index is 10.9. The van der Waals surface area contributed by atoms with E-state index in [-0.39, 0.29) is 23.6 Å². The number of rotatable bonds is 2. The summed E-state index contributed by atoms with van der Waals surface area (Å²) in [6, 6.07) is -0.0482. The van der Waals surface area contributed by atoms with E-state index in [9.17, 15) is 8.42 Å². The van der Waals surface area contributed by atoms with Gasteiger partial charge in [0.2, 0.25) is 0 Å². The molecule has 2 heterocycles. The van der Waals surface area contributed by atoms with Crippen LogP contribution >= 0.6 is 0 Å². The molecule has 1 unspecified atom stereocenters. The zero-order valence-corrected chi connectivity index (χ0v) is 8.74. The maximum atomic E-state index is 10.9. The Morgan fingerprint density at radius 1 is 1.64 bits per heavy atom. The van der Waals surface area contributed by atoms with E-state index in [0.29, 0.717) is 0 Å². The largest absolute Gasteiger partial charge is 0.324 e. The van der Waals surface area contributed by atoms with Gasteiger partial charge in [-0.15, -0.1) is 0 Å². The van der Waals surface area contributed by atoms with Crippen LogP contribution in [0.1, 0.15) is 24.6 Å². The molecule has 1 aliphatic rings. The zero-order valence-electron chi connectivity index (χ0n) is 7.92. The molecule has 1 saturated heterocycles. The van der Waals surface area contributed by atoms with Crippen LogP contribution in [-0.4, -0.2) is 29.7 Å². The Hall–Kier alpha value is -0.880. The van der Waals surface area contributed by atoms with Gasteiger partial charge < -0.3 is 5.73 Å². The van der Waals surface area contributed by atoms with Crippen molar-refractivity contribution in [2.24, 2.45) is 5.73 Å². The maximum Gasteiger partial charge on any atom is 0.154 e. The predicted molar refractivity (Wildman–Crippen MR) is 52.5 cm³/mol. The van der Waals surface area contributed by atoms with Crippen LogP contribution in [0, 0.1) is 0 Å². The third kappa shape index (κ3) is 1.67. The monoisotopic (exact) mass is 215 g/mol. The van der Waals surface area contributed by atoms with E-state index in [1.54, 1.807) is 10.9 Å². The highest BCUT2D eigenvalue weighted by Crippen LogP contribution is 2.23. The van der Waals surface area contributed by atoms with Crippen molar-refractivity contribution in [2.45, 2.75) is 19.0 Å². The molecule has 1 aliphatic heterocycles. The molecule has 0 amide bonds. The molecule has 0 radical (unpaired) electrons. The first-order chi connectivity index (χ1) is 6.48. The predicted octanol–water partition coefficient (Wildman–Crippen LogP) is -0.128. The first-order valence-corrected chi connectivity index (χ1v) is 6.30. The summed E-state index contributed by atoms with van der Waals surface area (Å²) in [4.78, 5) is 0. The Bertz CT molecular complexity index is 423. The quantitative estimate of drug-likeness (QED) is 0.745.